The third kappa shape index (κ3) is 4.77. The van der Waals surface area contributed by atoms with Crippen molar-refractivity contribution in [2.24, 2.45) is 7.05 Å². The van der Waals surface area contributed by atoms with E-state index >= 15 is 0 Å². The number of imidazole rings is 1. The Morgan fingerprint density at radius 2 is 1.85 bits per heavy atom. The highest BCUT2D eigenvalue weighted by molar-refractivity contribution is 6.30. The second kappa shape index (κ2) is 8.87. The van der Waals surface area contributed by atoms with Crippen LogP contribution in [0.5, 0.6) is 0 Å². The summed E-state index contributed by atoms with van der Waals surface area (Å²) in [5.41, 5.74) is 2.83. The molecule has 0 fully saturated rings. The molecule has 0 saturated carbocycles. The third-order valence-electron chi connectivity index (χ3n) is 4.63. The Balaban J connectivity index is 1.82. The van der Waals surface area contributed by atoms with Gasteiger partial charge in [-0.05, 0) is 48.2 Å². The number of carbonyl (C=O) groups excluding carboxylic acids is 1. The molecule has 27 heavy (non-hydrogen) atoms. The number of benzene rings is 2. The third-order valence-corrected chi connectivity index (χ3v) is 4.88. The molecule has 0 aliphatic heterocycles. The number of unbranched alkanes of at least 4 members (excludes halogenated alkanes) is 1. The maximum Gasteiger partial charge on any atom is 0.252 e. The summed E-state index contributed by atoms with van der Waals surface area (Å²) < 4.78 is 1.91. The van der Waals surface area contributed by atoms with Gasteiger partial charge in [-0.1, -0.05) is 49.2 Å². The average Bonchev–Trinajstić information content (AvgIpc) is 3.11. The first-order chi connectivity index (χ1) is 13.1. The molecule has 1 heterocycles. The lowest BCUT2D eigenvalue weighted by Crippen LogP contribution is -2.31. The number of nitrogens with one attached hydrogen (secondary N) is 1. The van der Waals surface area contributed by atoms with Crippen LogP contribution in [0, 0.1) is 0 Å². The van der Waals surface area contributed by atoms with Crippen LogP contribution in [0.4, 0.5) is 0 Å². The number of carbonyl (C=O) groups is 1. The standard InChI is InChI=1S/C22H24ClN3O/c1-3-4-5-16-6-8-18(9-7-16)22(27)25-20(21-24-14-15-26(21)2)17-10-12-19(23)13-11-17/h6-15,20H,3-5H2,1-2H3,(H,25,27)/t20-/m0/s1. The molecule has 0 radical (unpaired) electrons. The number of rotatable bonds is 7. The van der Waals surface area contributed by atoms with Crippen LogP contribution in [0.1, 0.15) is 53.1 Å². The van der Waals surface area contributed by atoms with Gasteiger partial charge >= 0.3 is 0 Å². The van der Waals surface area contributed by atoms with Crippen molar-refractivity contribution >= 4 is 17.5 Å². The van der Waals surface area contributed by atoms with Gasteiger partial charge in [0.2, 0.25) is 0 Å². The first-order valence-corrected chi connectivity index (χ1v) is 9.58. The minimum atomic E-state index is -0.352. The Labute approximate surface area is 165 Å². The van der Waals surface area contributed by atoms with E-state index in [1.807, 2.05) is 66.3 Å². The number of nitrogens with zero attached hydrogens (tertiary/aromatic N) is 2. The molecule has 1 aromatic heterocycles. The second-order valence-electron chi connectivity index (χ2n) is 6.65. The van der Waals surface area contributed by atoms with Crippen molar-refractivity contribution in [1.82, 2.24) is 14.9 Å². The smallest absolute Gasteiger partial charge is 0.252 e. The molecule has 5 heteroatoms. The van der Waals surface area contributed by atoms with E-state index in [2.05, 4.69) is 17.2 Å². The topological polar surface area (TPSA) is 46.9 Å². The predicted octanol–water partition coefficient (Wildman–Crippen LogP) is 4.94. The molecule has 3 aromatic rings. The van der Waals surface area contributed by atoms with Crippen molar-refractivity contribution < 1.29 is 4.79 Å². The summed E-state index contributed by atoms with van der Waals surface area (Å²) in [6.07, 6.45) is 6.96. The van der Waals surface area contributed by atoms with Crippen molar-refractivity contribution in [1.29, 1.82) is 0 Å². The van der Waals surface area contributed by atoms with E-state index in [4.69, 9.17) is 11.6 Å². The maximum absolute atomic E-state index is 12.9. The van der Waals surface area contributed by atoms with Crippen molar-refractivity contribution in [3.05, 3.63) is 88.5 Å². The van der Waals surface area contributed by atoms with E-state index in [9.17, 15) is 4.79 Å². The highest BCUT2D eigenvalue weighted by Gasteiger charge is 2.21. The fraction of sp³-hybridized carbons (Fsp3) is 0.273. The summed E-state index contributed by atoms with van der Waals surface area (Å²) in [4.78, 5) is 17.3. The van der Waals surface area contributed by atoms with Gasteiger partial charge in [-0.15, -0.1) is 0 Å². The Morgan fingerprint density at radius 3 is 2.44 bits per heavy atom. The lowest BCUT2D eigenvalue weighted by atomic mass is 10.0. The SMILES string of the molecule is CCCCc1ccc(C(=O)N[C@@H](c2ccc(Cl)cc2)c2nccn2C)cc1. The van der Waals surface area contributed by atoms with Gasteiger partial charge in [-0.3, -0.25) is 4.79 Å². The highest BCUT2D eigenvalue weighted by Crippen LogP contribution is 2.23. The molecule has 2 aromatic carbocycles. The quantitative estimate of drug-likeness (QED) is 0.630. The molecular weight excluding hydrogens is 358 g/mol. The second-order valence-corrected chi connectivity index (χ2v) is 7.09. The van der Waals surface area contributed by atoms with E-state index < -0.39 is 0 Å². The summed E-state index contributed by atoms with van der Waals surface area (Å²) in [6.45, 7) is 2.18. The number of halogens is 1. The number of hydrogen-bond donors (Lipinski definition) is 1. The van der Waals surface area contributed by atoms with Crippen LogP contribution < -0.4 is 5.32 Å². The lowest BCUT2D eigenvalue weighted by Gasteiger charge is -2.19. The average molecular weight is 382 g/mol. The van der Waals surface area contributed by atoms with Gasteiger partial charge in [0.05, 0.1) is 0 Å². The first kappa shape index (κ1) is 19.2. The first-order valence-electron chi connectivity index (χ1n) is 9.21. The molecule has 1 atom stereocenters. The van der Waals surface area contributed by atoms with Crippen LogP contribution >= 0.6 is 11.6 Å². The zero-order valence-corrected chi connectivity index (χ0v) is 16.4. The molecule has 0 bridgehead atoms. The number of aryl methyl sites for hydroxylation is 2. The minimum Gasteiger partial charge on any atom is -0.338 e. The summed E-state index contributed by atoms with van der Waals surface area (Å²) in [7, 11) is 1.92. The minimum absolute atomic E-state index is 0.125. The van der Waals surface area contributed by atoms with Gasteiger partial charge in [-0.2, -0.15) is 0 Å². The van der Waals surface area contributed by atoms with Gasteiger partial charge < -0.3 is 9.88 Å². The van der Waals surface area contributed by atoms with Gasteiger partial charge in [-0.25, -0.2) is 4.98 Å². The molecule has 0 aliphatic carbocycles. The number of hydrogen-bond acceptors (Lipinski definition) is 2. The predicted molar refractivity (Wildman–Crippen MR) is 109 cm³/mol. The summed E-state index contributed by atoms with van der Waals surface area (Å²) in [6, 6.07) is 14.9. The van der Waals surface area contributed by atoms with Crippen LogP contribution in [0.3, 0.4) is 0 Å². The lowest BCUT2D eigenvalue weighted by molar-refractivity contribution is 0.0941. The summed E-state index contributed by atoms with van der Waals surface area (Å²) >= 11 is 6.02. The van der Waals surface area contributed by atoms with E-state index in [-0.39, 0.29) is 11.9 Å². The summed E-state index contributed by atoms with van der Waals surface area (Å²) in [5.74, 6) is 0.644. The number of amides is 1. The van der Waals surface area contributed by atoms with Crippen LogP contribution in [-0.4, -0.2) is 15.5 Å². The van der Waals surface area contributed by atoms with Gasteiger partial charge in [0.15, 0.2) is 0 Å². The maximum atomic E-state index is 12.9. The molecule has 1 N–H and O–H groups in total. The van der Waals surface area contributed by atoms with Crippen LogP contribution in [0.25, 0.3) is 0 Å². The Morgan fingerprint density at radius 1 is 1.15 bits per heavy atom. The Hall–Kier alpha value is -2.59. The molecule has 0 spiro atoms. The van der Waals surface area contributed by atoms with Crippen LogP contribution in [-0.2, 0) is 13.5 Å². The Kier molecular flexibility index (Phi) is 6.30. The van der Waals surface area contributed by atoms with Crippen molar-refractivity contribution in [3.63, 3.8) is 0 Å². The normalized spacial score (nSPS) is 12.0. The molecular formula is C22H24ClN3O. The monoisotopic (exact) mass is 381 g/mol. The largest absolute Gasteiger partial charge is 0.338 e. The fourth-order valence-electron chi connectivity index (χ4n) is 3.03. The number of aromatic nitrogens is 2. The highest BCUT2D eigenvalue weighted by atomic mass is 35.5. The van der Waals surface area contributed by atoms with Crippen molar-refractivity contribution in [2.45, 2.75) is 32.2 Å². The van der Waals surface area contributed by atoms with Crippen molar-refractivity contribution in [2.75, 3.05) is 0 Å². The molecule has 3 rings (SSSR count). The van der Waals surface area contributed by atoms with E-state index in [1.165, 1.54) is 5.56 Å². The zero-order valence-electron chi connectivity index (χ0n) is 15.7. The zero-order chi connectivity index (χ0) is 19.2. The van der Waals surface area contributed by atoms with Gasteiger partial charge in [0, 0.05) is 30.0 Å². The van der Waals surface area contributed by atoms with E-state index in [0.29, 0.717) is 10.6 Å². The molecule has 0 aliphatic rings. The molecule has 140 valence electrons. The molecule has 4 nitrogen and oxygen atoms in total. The van der Waals surface area contributed by atoms with Gasteiger partial charge in [0.25, 0.3) is 5.91 Å². The van der Waals surface area contributed by atoms with E-state index in [1.54, 1.807) is 6.20 Å². The van der Waals surface area contributed by atoms with E-state index in [0.717, 1.165) is 30.7 Å². The molecule has 0 saturated heterocycles. The van der Waals surface area contributed by atoms with Crippen LogP contribution in [0.15, 0.2) is 60.9 Å². The molecule has 0 unspecified atom stereocenters. The van der Waals surface area contributed by atoms with Gasteiger partial charge in [0.1, 0.15) is 11.9 Å². The van der Waals surface area contributed by atoms with Crippen molar-refractivity contribution in [3.8, 4) is 0 Å². The fourth-order valence-corrected chi connectivity index (χ4v) is 3.15. The molecule has 1 amide bonds. The van der Waals surface area contributed by atoms with Crippen LogP contribution in [0.2, 0.25) is 5.02 Å². The summed E-state index contributed by atoms with van der Waals surface area (Å²) in [5, 5.41) is 3.77. The Bertz CT molecular complexity index is 885.